The van der Waals surface area contributed by atoms with E-state index in [-0.39, 0.29) is 24.4 Å². The fourth-order valence-corrected chi connectivity index (χ4v) is 4.63. The van der Waals surface area contributed by atoms with Crippen LogP contribution in [0.2, 0.25) is 0 Å². The summed E-state index contributed by atoms with van der Waals surface area (Å²) in [6.07, 6.45) is 0. The monoisotopic (exact) mass is 456 g/mol. The molecule has 0 bridgehead atoms. The van der Waals surface area contributed by atoms with Gasteiger partial charge >= 0.3 is 0 Å². The summed E-state index contributed by atoms with van der Waals surface area (Å²) in [5.41, 5.74) is 2.01. The Hall–Kier alpha value is -2.64. The number of amides is 2. The Labute approximate surface area is 175 Å². The van der Waals surface area contributed by atoms with E-state index in [1.54, 1.807) is 34.4 Å². The largest absolute Gasteiger partial charge is 0.496 e. The highest BCUT2D eigenvalue weighted by Gasteiger charge is 2.35. The number of nitrogens with zero attached hydrogens (tertiary/aromatic N) is 1. The van der Waals surface area contributed by atoms with Gasteiger partial charge in [-0.25, -0.2) is 0 Å². The predicted molar refractivity (Wildman–Crippen MR) is 113 cm³/mol. The van der Waals surface area contributed by atoms with Gasteiger partial charge in [-0.05, 0) is 41.8 Å². The van der Waals surface area contributed by atoms with Crippen LogP contribution in [0.5, 0.6) is 5.75 Å². The van der Waals surface area contributed by atoms with Crippen LogP contribution in [0.25, 0.3) is 0 Å². The Balaban J connectivity index is 1.89. The smallest absolute Gasteiger partial charge is 0.258 e. The van der Waals surface area contributed by atoms with Gasteiger partial charge in [-0.1, -0.05) is 34.1 Å². The van der Waals surface area contributed by atoms with E-state index in [0.717, 1.165) is 14.9 Å². The summed E-state index contributed by atoms with van der Waals surface area (Å²) < 4.78 is 6.26. The Morgan fingerprint density at radius 3 is 2.79 bits per heavy atom. The highest BCUT2D eigenvalue weighted by Crippen LogP contribution is 2.40. The number of para-hydroxylation sites is 1. The maximum absolute atomic E-state index is 13.5. The van der Waals surface area contributed by atoms with Gasteiger partial charge in [-0.15, -0.1) is 11.3 Å². The molecule has 142 valence electrons. The minimum atomic E-state index is -0.385. The van der Waals surface area contributed by atoms with Crippen LogP contribution in [0.1, 0.15) is 26.8 Å². The van der Waals surface area contributed by atoms with Crippen LogP contribution in [0.3, 0.4) is 0 Å². The molecule has 2 heterocycles. The molecule has 5 nitrogen and oxygen atoms in total. The van der Waals surface area contributed by atoms with Crippen LogP contribution in [0.4, 0.5) is 5.69 Å². The standard InChI is InChI=1S/C21H17BrN2O3S/c1-27-17-6-3-2-5-14(17)21(26)24-12-19(25)23-16-9-8-13(22)11-15(16)20(24)18-7-4-10-28-18/h2-11,20H,12H2,1H3,(H,23,25). The zero-order valence-corrected chi connectivity index (χ0v) is 17.4. The maximum Gasteiger partial charge on any atom is 0.258 e. The van der Waals surface area contributed by atoms with Gasteiger partial charge in [0.05, 0.1) is 18.7 Å². The van der Waals surface area contributed by atoms with E-state index in [9.17, 15) is 9.59 Å². The summed E-state index contributed by atoms with van der Waals surface area (Å²) in [4.78, 5) is 28.7. The molecule has 3 aromatic rings. The fourth-order valence-electron chi connectivity index (χ4n) is 3.40. The highest BCUT2D eigenvalue weighted by atomic mass is 79.9. The highest BCUT2D eigenvalue weighted by molar-refractivity contribution is 9.10. The third-order valence-electron chi connectivity index (χ3n) is 4.62. The molecule has 1 aromatic heterocycles. The third kappa shape index (κ3) is 3.43. The van der Waals surface area contributed by atoms with Crippen LogP contribution in [0.15, 0.2) is 64.5 Å². The van der Waals surface area contributed by atoms with E-state index in [1.165, 1.54) is 7.11 Å². The summed E-state index contributed by atoms with van der Waals surface area (Å²) in [6.45, 7) is -0.0499. The quantitative estimate of drug-likeness (QED) is 0.620. The molecular weight excluding hydrogens is 440 g/mol. The maximum atomic E-state index is 13.5. The van der Waals surface area contributed by atoms with E-state index in [4.69, 9.17) is 4.74 Å². The number of halogens is 1. The van der Waals surface area contributed by atoms with Gasteiger partial charge in [-0.3, -0.25) is 9.59 Å². The number of carbonyl (C=O) groups excluding carboxylic acids is 2. The topological polar surface area (TPSA) is 58.6 Å². The molecule has 2 aromatic carbocycles. The second-order valence-corrected chi connectivity index (χ2v) is 8.23. The van der Waals surface area contributed by atoms with Crippen LogP contribution in [-0.4, -0.2) is 30.4 Å². The van der Waals surface area contributed by atoms with Gasteiger partial charge in [0.2, 0.25) is 5.91 Å². The lowest BCUT2D eigenvalue weighted by Gasteiger charge is -2.30. The van der Waals surface area contributed by atoms with Crippen molar-refractivity contribution in [3.05, 3.63) is 80.5 Å². The Kier molecular flexibility index (Phi) is 5.19. The molecule has 1 aliphatic heterocycles. The molecule has 4 rings (SSSR count). The molecule has 0 spiro atoms. The van der Waals surface area contributed by atoms with Crippen molar-refractivity contribution in [3.63, 3.8) is 0 Å². The molecule has 28 heavy (non-hydrogen) atoms. The lowest BCUT2D eigenvalue weighted by Crippen LogP contribution is -2.38. The molecule has 0 fully saturated rings. The van der Waals surface area contributed by atoms with Crippen molar-refractivity contribution in [3.8, 4) is 5.75 Å². The fraction of sp³-hybridized carbons (Fsp3) is 0.143. The van der Waals surface area contributed by atoms with E-state index in [2.05, 4.69) is 21.2 Å². The minimum Gasteiger partial charge on any atom is -0.496 e. The number of rotatable bonds is 3. The van der Waals surface area contributed by atoms with Crippen molar-refractivity contribution in [2.45, 2.75) is 6.04 Å². The van der Waals surface area contributed by atoms with Gasteiger partial charge in [0.15, 0.2) is 0 Å². The van der Waals surface area contributed by atoms with Crippen LogP contribution < -0.4 is 10.1 Å². The number of anilines is 1. The summed E-state index contributed by atoms with van der Waals surface area (Å²) in [5, 5.41) is 4.90. The number of thiophene rings is 1. The zero-order valence-electron chi connectivity index (χ0n) is 15.0. The predicted octanol–water partition coefficient (Wildman–Crippen LogP) is 4.70. The molecule has 1 unspecified atom stereocenters. The SMILES string of the molecule is COc1ccccc1C(=O)N1CC(=O)Nc2ccc(Br)cc2C1c1cccs1. The van der Waals surface area contributed by atoms with Crippen molar-refractivity contribution in [2.24, 2.45) is 0 Å². The van der Waals surface area contributed by atoms with Gasteiger partial charge in [0, 0.05) is 20.6 Å². The number of benzene rings is 2. The van der Waals surface area contributed by atoms with Crippen LogP contribution in [0, 0.1) is 0 Å². The molecular formula is C21H17BrN2O3S. The van der Waals surface area contributed by atoms with Crippen LogP contribution >= 0.6 is 27.3 Å². The van der Waals surface area contributed by atoms with Gasteiger partial charge in [0.25, 0.3) is 5.91 Å². The third-order valence-corrected chi connectivity index (χ3v) is 6.04. The molecule has 0 aliphatic carbocycles. The first kappa shape index (κ1) is 18.7. The normalized spacial score (nSPS) is 16.1. The number of fused-ring (bicyclic) bond motifs is 1. The first-order chi connectivity index (χ1) is 13.6. The summed E-state index contributed by atoms with van der Waals surface area (Å²) >= 11 is 5.07. The van der Waals surface area contributed by atoms with E-state index in [1.807, 2.05) is 41.8 Å². The Bertz CT molecular complexity index is 1040. The number of nitrogens with one attached hydrogen (secondary N) is 1. The Morgan fingerprint density at radius 2 is 2.04 bits per heavy atom. The number of carbonyl (C=O) groups is 2. The van der Waals surface area contributed by atoms with E-state index >= 15 is 0 Å². The second-order valence-electron chi connectivity index (χ2n) is 6.33. The summed E-state index contributed by atoms with van der Waals surface area (Å²) in [5.74, 6) is 0.00116. The van der Waals surface area contributed by atoms with Gasteiger partial charge < -0.3 is 15.0 Å². The second kappa shape index (κ2) is 7.77. The van der Waals surface area contributed by atoms with Gasteiger partial charge in [0.1, 0.15) is 12.3 Å². The first-order valence-corrected chi connectivity index (χ1v) is 10.3. The lowest BCUT2D eigenvalue weighted by molar-refractivity contribution is -0.117. The van der Waals surface area contributed by atoms with Crippen molar-refractivity contribution in [2.75, 3.05) is 19.0 Å². The van der Waals surface area contributed by atoms with Crippen molar-refractivity contribution in [1.29, 1.82) is 0 Å². The van der Waals surface area contributed by atoms with Crippen molar-refractivity contribution in [1.82, 2.24) is 4.90 Å². The van der Waals surface area contributed by atoms with Crippen molar-refractivity contribution < 1.29 is 14.3 Å². The summed E-state index contributed by atoms with van der Waals surface area (Å²) in [6, 6.07) is 16.3. The van der Waals surface area contributed by atoms with Crippen molar-refractivity contribution >= 4 is 44.8 Å². The van der Waals surface area contributed by atoms with E-state index < -0.39 is 0 Å². The molecule has 1 aliphatic rings. The molecule has 0 saturated carbocycles. The molecule has 0 saturated heterocycles. The number of methoxy groups -OCH3 is 1. The number of ether oxygens (including phenoxy) is 1. The molecule has 2 amide bonds. The average Bonchev–Trinajstić information content (AvgIpc) is 3.18. The number of hydrogen-bond donors (Lipinski definition) is 1. The lowest BCUT2D eigenvalue weighted by atomic mass is 10.0. The molecule has 7 heteroatoms. The molecule has 1 atom stereocenters. The van der Waals surface area contributed by atoms with E-state index in [0.29, 0.717) is 17.0 Å². The van der Waals surface area contributed by atoms with Crippen LogP contribution in [-0.2, 0) is 4.79 Å². The molecule has 0 radical (unpaired) electrons. The Morgan fingerprint density at radius 1 is 1.21 bits per heavy atom. The minimum absolute atomic E-state index is 0.0499. The number of hydrogen-bond acceptors (Lipinski definition) is 4. The average molecular weight is 457 g/mol. The van der Waals surface area contributed by atoms with Gasteiger partial charge in [-0.2, -0.15) is 0 Å². The zero-order chi connectivity index (χ0) is 19.7. The molecule has 1 N–H and O–H groups in total. The first-order valence-electron chi connectivity index (χ1n) is 8.65. The summed E-state index contributed by atoms with van der Waals surface area (Å²) in [7, 11) is 1.53.